The summed E-state index contributed by atoms with van der Waals surface area (Å²) in [6, 6.07) is 0. The van der Waals surface area contributed by atoms with Gasteiger partial charge in [0.15, 0.2) is 0 Å². The van der Waals surface area contributed by atoms with Crippen LogP contribution in [0.4, 0.5) is 0 Å². The van der Waals surface area contributed by atoms with E-state index in [1.807, 2.05) is 0 Å². The van der Waals surface area contributed by atoms with E-state index >= 15 is 0 Å². The Morgan fingerprint density at radius 3 is 2.62 bits per heavy atom. The van der Waals surface area contributed by atoms with Crippen molar-refractivity contribution < 1.29 is 9.47 Å². The van der Waals surface area contributed by atoms with E-state index in [0.29, 0.717) is 6.10 Å². The summed E-state index contributed by atoms with van der Waals surface area (Å²) in [5.41, 5.74) is 0. The quantitative estimate of drug-likeness (QED) is 0.461. The molecule has 2 atom stereocenters. The van der Waals surface area contributed by atoms with Crippen LogP contribution in [-0.2, 0) is 9.47 Å². The average molecular weight is 114 g/mol. The highest BCUT2D eigenvalue weighted by atomic mass is 16.6. The lowest BCUT2D eigenvalue weighted by molar-refractivity contribution is 0.178. The first-order valence-corrected chi connectivity index (χ1v) is 3.16. The van der Waals surface area contributed by atoms with Gasteiger partial charge in [-0.3, -0.25) is 0 Å². The minimum atomic E-state index is 0.567. The normalized spacial score (nSPS) is 45.0. The summed E-state index contributed by atoms with van der Waals surface area (Å²) in [6.45, 7) is 2.86. The van der Waals surface area contributed by atoms with Crippen molar-refractivity contribution in [1.82, 2.24) is 0 Å². The number of epoxide rings is 1. The van der Waals surface area contributed by atoms with Gasteiger partial charge in [-0.1, -0.05) is 0 Å². The standard InChI is InChI=1S/C6H10O2/c1-2-7-3-5(1)6-4-8-6/h5-6H,1-4H2/t5?,6-/m0/s1. The van der Waals surface area contributed by atoms with Crippen molar-refractivity contribution in [2.24, 2.45) is 5.92 Å². The van der Waals surface area contributed by atoms with E-state index in [0.717, 1.165) is 25.7 Å². The highest BCUT2D eigenvalue weighted by molar-refractivity contribution is 4.81. The third kappa shape index (κ3) is 0.740. The van der Waals surface area contributed by atoms with Crippen LogP contribution in [0.15, 0.2) is 0 Å². The predicted molar refractivity (Wildman–Crippen MR) is 28.7 cm³/mol. The van der Waals surface area contributed by atoms with E-state index in [1.54, 1.807) is 0 Å². The first-order chi connectivity index (χ1) is 3.97. The van der Waals surface area contributed by atoms with Crippen LogP contribution in [0, 0.1) is 5.92 Å². The summed E-state index contributed by atoms with van der Waals surface area (Å²) in [5.74, 6) is 0.731. The molecule has 0 N–H and O–H groups in total. The maximum Gasteiger partial charge on any atom is 0.0860 e. The van der Waals surface area contributed by atoms with E-state index in [-0.39, 0.29) is 0 Å². The Labute approximate surface area is 48.8 Å². The van der Waals surface area contributed by atoms with Crippen LogP contribution >= 0.6 is 0 Å². The molecule has 2 aliphatic heterocycles. The zero-order valence-electron chi connectivity index (χ0n) is 4.80. The van der Waals surface area contributed by atoms with Crippen molar-refractivity contribution in [3.05, 3.63) is 0 Å². The molecule has 2 heteroatoms. The molecule has 2 heterocycles. The molecule has 0 aromatic heterocycles. The van der Waals surface area contributed by atoms with Gasteiger partial charge < -0.3 is 9.47 Å². The van der Waals surface area contributed by atoms with Crippen LogP contribution < -0.4 is 0 Å². The van der Waals surface area contributed by atoms with Crippen molar-refractivity contribution >= 4 is 0 Å². The van der Waals surface area contributed by atoms with Crippen LogP contribution in [0.3, 0.4) is 0 Å². The monoisotopic (exact) mass is 114 g/mol. The first-order valence-electron chi connectivity index (χ1n) is 3.16. The van der Waals surface area contributed by atoms with Crippen molar-refractivity contribution in [2.75, 3.05) is 19.8 Å². The second-order valence-electron chi connectivity index (χ2n) is 2.50. The van der Waals surface area contributed by atoms with E-state index in [2.05, 4.69) is 0 Å². The van der Waals surface area contributed by atoms with E-state index in [9.17, 15) is 0 Å². The first kappa shape index (κ1) is 4.77. The van der Waals surface area contributed by atoms with Gasteiger partial charge in [0.2, 0.25) is 0 Å². The second kappa shape index (κ2) is 1.71. The molecule has 2 aliphatic rings. The summed E-state index contributed by atoms with van der Waals surface area (Å²) in [4.78, 5) is 0. The van der Waals surface area contributed by atoms with E-state index in [1.165, 1.54) is 6.42 Å². The molecule has 46 valence electrons. The topological polar surface area (TPSA) is 21.8 Å². The lowest BCUT2D eigenvalue weighted by Gasteiger charge is -1.97. The van der Waals surface area contributed by atoms with Crippen LogP contribution in [0.25, 0.3) is 0 Å². The highest BCUT2D eigenvalue weighted by Crippen LogP contribution is 2.26. The summed E-state index contributed by atoms with van der Waals surface area (Å²) < 4.78 is 10.3. The molecule has 2 saturated heterocycles. The molecular formula is C6H10O2. The Bertz CT molecular complexity index is 82.5. The summed E-state index contributed by atoms with van der Waals surface area (Å²) in [5, 5.41) is 0. The van der Waals surface area contributed by atoms with Crippen LogP contribution in [0.2, 0.25) is 0 Å². The Morgan fingerprint density at radius 2 is 2.12 bits per heavy atom. The fraction of sp³-hybridized carbons (Fsp3) is 1.00. The van der Waals surface area contributed by atoms with Gasteiger partial charge in [0.25, 0.3) is 0 Å². The summed E-state index contributed by atoms with van der Waals surface area (Å²) >= 11 is 0. The minimum Gasteiger partial charge on any atom is -0.381 e. The summed E-state index contributed by atoms with van der Waals surface area (Å²) in [7, 11) is 0. The van der Waals surface area contributed by atoms with Crippen molar-refractivity contribution in [1.29, 1.82) is 0 Å². The van der Waals surface area contributed by atoms with Crippen molar-refractivity contribution in [3.63, 3.8) is 0 Å². The lowest BCUT2D eigenvalue weighted by Crippen LogP contribution is -2.06. The van der Waals surface area contributed by atoms with Gasteiger partial charge >= 0.3 is 0 Å². The molecule has 0 aliphatic carbocycles. The van der Waals surface area contributed by atoms with Gasteiger partial charge in [-0.15, -0.1) is 0 Å². The third-order valence-corrected chi connectivity index (χ3v) is 1.85. The van der Waals surface area contributed by atoms with Crippen molar-refractivity contribution in [3.8, 4) is 0 Å². The number of ether oxygens (including phenoxy) is 2. The molecule has 0 bridgehead atoms. The molecule has 0 amide bonds. The number of hydrogen-bond donors (Lipinski definition) is 0. The summed E-state index contributed by atoms with van der Waals surface area (Å²) in [6.07, 6.45) is 1.78. The SMILES string of the molecule is C1CC([C@@H]2CO2)CO1. The molecular weight excluding hydrogens is 104 g/mol. The Morgan fingerprint density at radius 1 is 1.25 bits per heavy atom. The van der Waals surface area contributed by atoms with Gasteiger partial charge in [0.05, 0.1) is 19.3 Å². The molecule has 8 heavy (non-hydrogen) atoms. The maximum absolute atomic E-state index is 5.18. The highest BCUT2D eigenvalue weighted by Gasteiger charge is 2.34. The van der Waals surface area contributed by atoms with Gasteiger partial charge in [-0.25, -0.2) is 0 Å². The van der Waals surface area contributed by atoms with Crippen molar-refractivity contribution in [2.45, 2.75) is 12.5 Å². The maximum atomic E-state index is 5.18. The molecule has 0 aromatic rings. The Hall–Kier alpha value is -0.0800. The molecule has 2 fully saturated rings. The number of rotatable bonds is 1. The second-order valence-corrected chi connectivity index (χ2v) is 2.50. The smallest absolute Gasteiger partial charge is 0.0860 e. The van der Waals surface area contributed by atoms with Gasteiger partial charge in [-0.2, -0.15) is 0 Å². The largest absolute Gasteiger partial charge is 0.381 e. The van der Waals surface area contributed by atoms with Gasteiger partial charge in [0.1, 0.15) is 0 Å². The van der Waals surface area contributed by atoms with Gasteiger partial charge in [-0.05, 0) is 6.42 Å². The molecule has 0 spiro atoms. The van der Waals surface area contributed by atoms with E-state index in [4.69, 9.17) is 9.47 Å². The molecule has 2 nitrogen and oxygen atoms in total. The zero-order chi connectivity index (χ0) is 5.40. The zero-order valence-corrected chi connectivity index (χ0v) is 4.80. The number of hydrogen-bond acceptors (Lipinski definition) is 2. The fourth-order valence-corrected chi connectivity index (χ4v) is 1.17. The lowest BCUT2D eigenvalue weighted by atomic mass is 10.1. The molecule has 0 aromatic carbocycles. The fourth-order valence-electron chi connectivity index (χ4n) is 1.17. The van der Waals surface area contributed by atoms with E-state index < -0.39 is 0 Å². The van der Waals surface area contributed by atoms with Crippen LogP contribution in [-0.4, -0.2) is 25.9 Å². The minimum absolute atomic E-state index is 0.567. The average Bonchev–Trinajstić information content (AvgIpc) is 2.49. The molecule has 2 rings (SSSR count). The van der Waals surface area contributed by atoms with Crippen LogP contribution in [0.5, 0.6) is 0 Å². The third-order valence-electron chi connectivity index (χ3n) is 1.85. The van der Waals surface area contributed by atoms with Crippen LogP contribution in [0.1, 0.15) is 6.42 Å². The predicted octanol–water partition coefficient (Wildman–Crippen LogP) is 0.422. The molecule has 0 saturated carbocycles. The molecule has 0 radical (unpaired) electrons. The Kier molecular flexibility index (Phi) is 1.02. The Balaban J connectivity index is 1.86. The van der Waals surface area contributed by atoms with Gasteiger partial charge in [0, 0.05) is 12.5 Å². The molecule has 1 unspecified atom stereocenters.